The smallest absolute Gasteiger partial charge is 0.268 e. The molecule has 0 aliphatic rings. The third-order valence-electron chi connectivity index (χ3n) is 5.46. The van der Waals surface area contributed by atoms with Crippen LogP contribution in [0.5, 0.6) is 0 Å². The summed E-state index contributed by atoms with van der Waals surface area (Å²) in [6, 6.07) is 20.9. The largest absolute Gasteiger partial charge is 0.362 e. The maximum atomic E-state index is 12.7. The molecular formula is C26H20N4O2S. The lowest BCUT2D eigenvalue weighted by atomic mass is 10.0. The number of hydrogen-bond donors (Lipinski definition) is 0. The minimum Gasteiger partial charge on any atom is -0.362 e. The molecule has 1 unspecified atom stereocenters. The Hall–Kier alpha value is -4.04. The predicted molar refractivity (Wildman–Crippen MR) is 126 cm³/mol. The number of benzene rings is 2. The van der Waals surface area contributed by atoms with Crippen molar-refractivity contribution in [2.75, 3.05) is 0 Å². The topological polar surface area (TPSA) is 91.7 Å². The number of hydrogen-bond acceptors (Lipinski definition) is 6. The molecule has 1 atom stereocenters. The first-order valence-electron chi connectivity index (χ1n) is 10.2. The number of rotatable bonds is 6. The van der Waals surface area contributed by atoms with Crippen molar-refractivity contribution >= 4 is 11.3 Å². The molecule has 4 aromatic rings. The molecule has 162 valence electrons. The van der Waals surface area contributed by atoms with Crippen LogP contribution in [0.15, 0.2) is 71.1 Å². The van der Waals surface area contributed by atoms with Crippen LogP contribution >= 0.6 is 11.3 Å². The third kappa shape index (κ3) is 4.61. The molecule has 2 aromatic heterocycles. The van der Waals surface area contributed by atoms with E-state index in [0.29, 0.717) is 11.3 Å². The van der Waals surface area contributed by atoms with Crippen molar-refractivity contribution in [2.24, 2.45) is 7.05 Å². The monoisotopic (exact) mass is 452 g/mol. The summed E-state index contributed by atoms with van der Waals surface area (Å²) in [7, 11) is 1.66. The van der Waals surface area contributed by atoms with E-state index in [9.17, 15) is 10.1 Å². The van der Waals surface area contributed by atoms with Gasteiger partial charge in [0.1, 0.15) is 17.7 Å². The molecule has 2 heterocycles. The number of aryl methyl sites for hydroxylation is 1. The number of ether oxygens (including phenoxy) is 1. The molecule has 0 radical (unpaired) electrons. The summed E-state index contributed by atoms with van der Waals surface area (Å²) in [5.74, 6) is 0. The molecule has 0 fully saturated rings. The maximum Gasteiger partial charge on any atom is 0.268 e. The molecule has 0 bridgehead atoms. The maximum absolute atomic E-state index is 12.7. The summed E-state index contributed by atoms with van der Waals surface area (Å²) in [6.07, 6.45) is 1.34. The van der Waals surface area contributed by atoms with Gasteiger partial charge < -0.3 is 9.30 Å². The van der Waals surface area contributed by atoms with Crippen molar-refractivity contribution in [1.82, 2.24) is 9.55 Å². The molecule has 6 nitrogen and oxygen atoms in total. The zero-order valence-electron chi connectivity index (χ0n) is 18.1. The predicted octanol–water partition coefficient (Wildman–Crippen LogP) is 4.87. The highest BCUT2D eigenvalue weighted by Crippen LogP contribution is 2.32. The van der Waals surface area contributed by atoms with E-state index < -0.39 is 6.10 Å². The van der Waals surface area contributed by atoms with Gasteiger partial charge in [-0.1, -0.05) is 42.0 Å². The van der Waals surface area contributed by atoms with Gasteiger partial charge in [0.05, 0.1) is 34.3 Å². The normalized spacial score (nSPS) is 11.5. The second-order valence-corrected chi connectivity index (χ2v) is 8.51. The van der Waals surface area contributed by atoms with E-state index in [1.807, 2.05) is 49.4 Å². The lowest BCUT2D eigenvalue weighted by molar-refractivity contribution is 0.0651. The first-order chi connectivity index (χ1) is 16.0. The van der Waals surface area contributed by atoms with E-state index in [-0.39, 0.29) is 17.7 Å². The van der Waals surface area contributed by atoms with Crippen molar-refractivity contribution in [2.45, 2.75) is 19.6 Å². The zero-order valence-corrected chi connectivity index (χ0v) is 19.0. The van der Waals surface area contributed by atoms with Gasteiger partial charge in [0.2, 0.25) is 0 Å². The zero-order chi connectivity index (χ0) is 23.4. The average Bonchev–Trinajstić information content (AvgIpc) is 3.37. The van der Waals surface area contributed by atoms with Crippen LogP contribution in [-0.4, -0.2) is 9.55 Å². The number of pyridine rings is 1. The Morgan fingerprint density at radius 2 is 1.82 bits per heavy atom. The summed E-state index contributed by atoms with van der Waals surface area (Å²) < 4.78 is 7.85. The molecule has 0 N–H and O–H groups in total. The van der Waals surface area contributed by atoms with Crippen LogP contribution < -0.4 is 5.56 Å². The lowest BCUT2D eigenvalue weighted by Crippen LogP contribution is -2.24. The van der Waals surface area contributed by atoms with Crippen LogP contribution in [-0.2, 0) is 18.4 Å². The Labute approximate surface area is 195 Å². The molecule has 0 saturated heterocycles. The van der Waals surface area contributed by atoms with Crippen LogP contribution in [0.4, 0.5) is 0 Å². The standard InChI is InChI=1S/C26H20N4O2S/c1-17-3-7-19(8-4-17)22-11-21(13-28)26(31)30(2)23(22)15-32-25(24-14-29-16-33-24)20-9-5-18(12-27)6-10-20/h3-11,14,16,25H,15H2,1-2H3. The highest BCUT2D eigenvalue weighted by molar-refractivity contribution is 7.09. The molecule has 0 amide bonds. The Morgan fingerprint density at radius 3 is 2.42 bits per heavy atom. The lowest BCUT2D eigenvalue weighted by Gasteiger charge is -2.20. The van der Waals surface area contributed by atoms with Gasteiger partial charge in [0.25, 0.3) is 5.56 Å². The van der Waals surface area contributed by atoms with Crippen molar-refractivity contribution in [1.29, 1.82) is 10.5 Å². The van der Waals surface area contributed by atoms with Crippen LogP contribution in [0, 0.1) is 29.6 Å². The van der Waals surface area contributed by atoms with E-state index in [4.69, 9.17) is 10.00 Å². The minimum absolute atomic E-state index is 0.0860. The van der Waals surface area contributed by atoms with Gasteiger partial charge in [-0.05, 0) is 36.2 Å². The minimum atomic E-state index is -0.415. The summed E-state index contributed by atoms with van der Waals surface area (Å²) in [5.41, 5.74) is 6.38. The van der Waals surface area contributed by atoms with Crippen molar-refractivity contribution in [3.63, 3.8) is 0 Å². The number of nitrogens with zero attached hydrogens (tertiary/aromatic N) is 4. The molecule has 2 aromatic carbocycles. The average molecular weight is 453 g/mol. The van der Waals surface area contributed by atoms with Crippen molar-refractivity contribution in [3.05, 3.63) is 109 Å². The van der Waals surface area contributed by atoms with Gasteiger partial charge in [-0.3, -0.25) is 9.78 Å². The fraction of sp³-hybridized carbons (Fsp3) is 0.154. The molecule has 7 heteroatoms. The highest BCUT2D eigenvalue weighted by atomic mass is 32.1. The summed E-state index contributed by atoms with van der Waals surface area (Å²) in [4.78, 5) is 17.8. The van der Waals surface area contributed by atoms with E-state index in [1.165, 1.54) is 15.9 Å². The summed E-state index contributed by atoms with van der Waals surface area (Å²) in [5, 5.41) is 18.6. The van der Waals surface area contributed by atoms with E-state index in [0.717, 1.165) is 27.1 Å². The second kappa shape index (κ2) is 9.62. The Morgan fingerprint density at radius 1 is 1.09 bits per heavy atom. The quantitative estimate of drug-likeness (QED) is 0.416. The van der Waals surface area contributed by atoms with Gasteiger partial charge in [-0.2, -0.15) is 10.5 Å². The second-order valence-electron chi connectivity index (χ2n) is 7.59. The fourth-order valence-corrected chi connectivity index (χ4v) is 4.30. The number of nitriles is 2. The van der Waals surface area contributed by atoms with E-state index in [1.54, 1.807) is 37.0 Å². The van der Waals surface area contributed by atoms with Crippen LogP contribution in [0.1, 0.15) is 38.9 Å². The summed E-state index contributed by atoms with van der Waals surface area (Å²) in [6.45, 7) is 2.15. The van der Waals surface area contributed by atoms with Crippen LogP contribution in [0.3, 0.4) is 0 Å². The van der Waals surface area contributed by atoms with Gasteiger partial charge in [0, 0.05) is 18.8 Å². The molecule has 4 rings (SSSR count). The SMILES string of the molecule is Cc1ccc(-c2cc(C#N)c(=O)n(C)c2COC(c2ccc(C#N)cc2)c2cncs2)cc1. The van der Waals surface area contributed by atoms with Gasteiger partial charge in [-0.15, -0.1) is 11.3 Å². The van der Waals surface area contributed by atoms with Gasteiger partial charge >= 0.3 is 0 Å². The first kappa shape index (κ1) is 22.2. The molecule has 0 spiro atoms. The molecule has 0 aliphatic carbocycles. The fourth-order valence-electron chi connectivity index (χ4n) is 3.60. The molecule has 33 heavy (non-hydrogen) atoms. The molecule has 0 aliphatic heterocycles. The van der Waals surface area contributed by atoms with Crippen molar-refractivity contribution in [3.8, 4) is 23.3 Å². The first-order valence-corrected chi connectivity index (χ1v) is 11.1. The number of thiazole rings is 1. The van der Waals surface area contributed by atoms with Crippen LogP contribution in [0.25, 0.3) is 11.1 Å². The van der Waals surface area contributed by atoms with Crippen molar-refractivity contribution < 1.29 is 4.74 Å². The van der Waals surface area contributed by atoms with Gasteiger partial charge in [-0.25, -0.2) is 0 Å². The summed E-state index contributed by atoms with van der Waals surface area (Å²) >= 11 is 1.47. The Balaban J connectivity index is 1.76. The highest BCUT2D eigenvalue weighted by Gasteiger charge is 2.20. The Bertz CT molecular complexity index is 1410. The van der Waals surface area contributed by atoms with Crippen LogP contribution in [0.2, 0.25) is 0 Å². The Kier molecular flexibility index (Phi) is 6.46. The van der Waals surface area contributed by atoms with E-state index >= 15 is 0 Å². The number of aromatic nitrogens is 2. The van der Waals surface area contributed by atoms with Gasteiger partial charge in [0.15, 0.2) is 0 Å². The molecular weight excluding hydrogens is 432 g/mol. The van der Waals surface area contributed by atoms with E-state index in [2.05, 4.69) is 11.1 Å². The third-order valence-corrected chi connectivity index (χ3v) is 6.28. The molecule has 0 saturated carbocycles.